The van der Waals surface area contributed by atoms with Gasteiger partial charge >= 0.3 is 19.0 Å². The maximum Gasteiger partial charge on any atom is 0.356 e. The standard InChI is InChI=1S/C48H61N4O14PSi/c1-30-25-51(45(56)49-43(30)54)41-23-37(39(63-41)27-61-48(32-13-11-10-12-14-32,33-15-19-35(59-6)20-16-33)34-17-21-36(60-7)22-18-34)65-67(58,29-53)62-28-40-38(66-68(8,9)47(3,4)5)24-42(64-40)52-26-31(2)44(55)50-46(52)57/h10-22,25-26,37-42,53H,23-24,27-29H2,1-9H3,(H,49,54,56)(H,50,55,57)/t37-,38-,39+,40+,41+,42+,67?/m0/s1. The highest BCUT2D eigenvalue weighted by molar-refractivity contribution is 7.53. The maximum atomic E-state index is 14.8. The van der Waals surface area contributed by atoms with E-state index in [0.717, 1.165) is 16.7 Å². The molecular formula is C48H61N4O14PSi. The van der Waals surface area contributed by atoms with Gasteiger partial charge in [0.05, 0.1) is 33.5 Å². The summed E-state index contributed by atoms with van der Waals surface area (Å²) < 4.78 is 67.6. The molecule has 4 heterocycles. The minimum Gasteiger partial charge on any atom is -0.497 e. The van der Waals surface area contributed by atoms with Crippen molar-refractivity contribution in [3.63, 3.8) is 0 Å². The Kier molecular flexibility index (Phi) is 15.2. The lowest BCUT2D eigenvalue weighted by molar-refractivity contribution is -0.0937. The second-order valence-corrected chi connectivity index (χ2v) is 25.3. The third-order valence-corrected chi connectivity index (χ3v) is 19.1. The number of hydrogen-bond donors (Lipinski definition) is 3. The molecule has 3 aromatic carbocycles. The topological polar surface area (TPSA) is 221 Å². The van der Waals surface area contributed by atoms with Gasteiger partial charge in [-0.15, -0.1) is 0 Å². The summed E-state index contributed by atoms with van der Waals surface area (Å²) in [4.78, 5) is 55.6. The van der Waals surface area contributed by atoms with Gasteiger partial charge in [-0.2, -0.15) is 0 Å². The number of aryl methyl sites for hydroxylation is 2. The molecule has 7 atom stereocenters. The molecule has 0 aliphatic carbocycles. The average molecular weight is 977 g/mol. The summed E-state index contributed by atoms with van der Waals surface area (Å²) in [7, 11) is -3.79. The number of aromatic nitrogens is 4. The van der Waals surface area contributed by atoms with Crippen LogP contribution in [0.5, 0.6) is 11.5 Å². The van der Waals surface area contributed by atoms with E-state index in [4.69, 9.17) is 37.2 Å². The van der Waals surface area contributed by atoms with Crippen LogP contribution >= 0.6 is 7.60 Å². The molecule has 2 aromatic heterocycles. The molecule has 0 radical (unpaired) electrons. The minimum absolute atomic E-state index is 0.0796. The van der Waals surface area contributed by atoms with E-state index in [-0.39, 0.29) is 36.7 Å². The summed E-state index contributed by atoms with van der Waals surface area (Å²) >= 11 is 0. The quantitative estimate of drug-likeness (QED) is 0.0503. The van der Waals surface area contributed by atoms with Gasteiger partial charge in [0, 0.05) is 36.4 Å². The first-order valence-electron chi connectivity index (χ1n) is 22.3. The van der Waals surface area contributed by atoms with E-state index in [9.17, 15) is 28.8 Å². The first kappa shape index (κ1) is 50.7. The van der Waals surface area contributed by atoms with Gasteiger partial charge in [0.1, 0.15) is 54.2 Å². The van der Waals surface area contributed by atoms with E-state index in [0.29, 0.717) is 17.1 Å². The molecular weight excluding hydrogens is 916 g/mol. The van der Waals surface area contributed by atoms with Crippen LogP contribution in [-0.4, -0.2) is 90.7 Å². The molecule has 2 saturated heterocycles. The minimum atomic E-state index is -4.46. The first-order chi connectivity index (χ1) is 32.2. The molecule has 366 valence electrons. The lowest BCUT2D eigenvalue weighted by Crippen LogP contribution is -2.46. The molecule has 20 heteroatoms. The van der Waals surface area contributed by atoms with Gasteiger partial charge in [-0.25, -0.2) is 9.59 Å². The van der Waals surface area contributed by atoms with Crippen LogP contribution in [0.4, 0.5) is 0 Å². The van der Waals surface area contributed by atoms with Crippen LogP contribution in [0.1, 0.15) is 73.9 Å². The van der Waals surface area contributed by atoms with Crippen LogP contribution < -0.4 is 32.0 Å². The van der Waals surface area contributed by atoms with Crippen molar-refractivity contribution in [2.75, 3.05) is 33.8 Å². The van der Waals surface area contributed by atoms with Crippen LogP contribution in [-0.2, 0) is 37.9 Å². The van der Waals surface area contributed by atoms with Gasteiger partial charge in [0.2, 0.25) is 0 Å². The predicted molar refractivity (Wildman–Crippen MR) is 255 cm³/mol. The van der Waals surface area contributed by atoms with Gasteiger partial charge in [-0.3, -0.25) is 33.3 Å². The smallest absolute Gasteiger partial charge is 0.356 e. The molecule has 0 bridgehead atoms. The van der Waals surface area contributed by atoms with E-state index >= 15 is 0 Å². The van der Waals surface area contributed by atoms with Crippen LogP contribution in [0.15, 0.2) is 110 Å². The Labute approximate surface area is 394 Å². The molecule has 2 fully saturated rings. The fourth-order valence-corrected chi connectivity index (χ4v) is 10.8. The number of ether oxygens (including phenoxy) is 5. The Morgan fingerprint density at radius 2 is 1.16 bits per heavy atom. The van der Waals surface area contributed by atoms with Crippen molar-refractivity contribution in [1.82, 2.24) is 19.1 Å². The number of benzene rings is 3. The highest BCUT2D eigenvalue weighted by atomic mass is 31.2. The van der Waals surface area contributed by atoms with E-state index in [1.165, 1.54) is 21.5 Å². The average Bonchev–Trinajstić information content (AvgIpc) is 3.91. The highest BCUT2D eigenvalue weighted by Crippen LogP contribution is 2.53. The monoisotopic (exact) mass is 976 g/mol. The highest BCUT2D eigenvalue weighted by Gasteiger charge is 2.48. The van der Waals surface area contributed by atoms with E-state index in [1.54, 1.807) is 28.1 Å². The second-order valence-electron chi connectivity index (χ2n) is 18.6. The molecule has 3 N–H and O–H groups in total. The van der Waals surface area contributed by atoms with Gasteiger partial charge in [0.25, 0.3) is 11.1 Å². The number of nitrogens with zero attached hydrogens (tertiary/aromatic N) is 2. The number of methoxy groups -OCH3 is 2. The van der Waals surface area contributed by atoms with Gasteiger partial charge in [0.15, 0.2) is 8.32 Å². The zero-order chi connectivity index (χ0) is 49.2. The first-order valence-corrected chi connectivity index (χ1v) is 27.0. The summed E-state index contributed by atoms with van der Waals surface area (Å²) in [5.74, 6) is 1.25. The molecule has 1 unspecified atom stereocenters. The molecule has 0 spiro atoms. The molecule has 7 rings (SSSR count). The number of hydrogen-bond acceptors (Lipinski definition) is 14. The lowest BCUT2D eigenvalue weighted by Gasteiger charge is -2.39. The lowest BCUT2D eigenvalue weighted by atomic mass is 9.80. The van der Waals surface area contributed by atoms with Gasteiger partial charge in [-0.05, 0) is 72.9 Å². The zero-order valence-corrected chi connectivity index (χ0v) is 41.7. The molecule has 2 aliphatic heterocycles. The third kappa shape index (κ3) is 10.7. The van der Waals surface area contributed by atoms with E-state index in [2.05, 4.69) is 43.8 Å². The number of nitrogens with one attached hydrogen (secondary N) is 2. The largest absolute Gasteiger partial charge is 0.497 e. The van der Waals surface area contributed by atoms with Gasteiger partial charge in [-0.1, -0.05) is 75.4 Å². The van der Waals surface area contributed by atoms with Crippen molar-refractivity contribution in [1.29, 1.82) is 0 Å². The Morgan fingerprint density at radius 1 is 0.706 bits per heavy atom. The normalized spacial score (nSPS) is 22.0. The van der Waals surface area contributed by atoms with Crippen molar-refractivity contribution < 1.29 is 46.8 Å². The molecule has 0 saturated carbocycles. The molecule has 0 amide bonds. The summed E-state index contributed by atoms with van der Waals surface area (Å²) in [6, 6.07) is 24.4. The summed E-state index contributed by atoms with van der Waals surface area (Å²) in [6.45, 7) is 12.9. The Hall–Kier alpha value is -5.21. The zero-order valence-electron chi connectivity index (χ0n) is 39.8. The van der Waals surface area contributed by atoms with Crippen molar-refractivity contribution >= 4 is 15.9 Å². The SMILES string of the molecule is COc1ccc(C(OC[C@H]2O[C@@H](n3cc(C)c(=O)[nH]c3=O)C[C@@H]2OP(=O)(CO)OC[C@H]2O[C@@H](n3cc(C)c(=O)[nH]c3=O)C[C@@H]2O[Si](C)(C)C(C)(C)C)(c2ccccc2)c2ccc(OC)cc2)cc1. The van der Waals surface area contributed by atoms with Crippen molar-refractivity contribution in [3.8, 4) is 11.5 Å². The number of rotatable bonds is 18. The molecule has 5 aromatic rings. The Balaban J connectivity index is 1.23. The molecule has 18 nitrogen and oxygen atoms in total. The van der Waals surface area contributed by atoms with Crippen LogP contribution in [0.2, 0.25) is 18.1 Å². The predicted octanol–water partition coefficient (Wildman–Crippen LogP) is 6.24. The van der Waals surface area contributed by atoms with Crippen LogP contribution in [0, 0.1) is 13.8 Å². The number of aliphatic hydroxyl groups is 1. The van der Waals surface area contributed by atoms with Crippen molar-refractivity contribution in [2.24, 2.45) is 0 Å². The van der Waals surface area contributed by atoms with Crippen LogP contribution in [0.3, 0.4) is 0 Å². The third-order valence-electron chi connectivity index (χ3n) is 13.1. The summed E-state index contributed by atoms with van der Waals surface area (Å²) in [5, 5.41) is 10.6. The fraction of sp³-hybridized carbons (Fsp3) is 0.458. The number of aromatic amines is 2. The molecule has 68 heavy (non-hydrogen) atoms. The van der Waals surface area contributed by atoms with E-state index < -0.39 is 87.2 Å². The number of H-pyrrole nitrogens is 2. The maximum absolute atomic E-state index is 14.8. The number of aliphatic hydroxyl groups excluding tert-OH is 1. The fourth-order valence-electron chi connectivity index (χ4n) is 8.21. The summed E-state index contributed by atoms with van der Waals surface area (Å²) in [6.07, 6.45) is -3.78. The van der Waals surface area contributed by atoms with Crippen molar-refractivity contribution in [2.45, 2.75) is 108 Å². The van der Waals surface area contributed by atoms with Crippen LogP contribution in [0.25, 0.3) is 0 Å². The van der Waals surface area contributed by atoms with Gasteiger partial charge < -0.3 is 42.3 Å². The second kappa shape index (κ2) is 20.4. The summed E-state index contributed by atoms with van der Waals surface area (Å²) in [5.41, 5.74) is -1.04. The van der Waals surface area contributed by atoms with Crippen molar-refractivity contribution in [3.05, 3.63) is 161 Å². The van der Waals surface area contributed by atoms with E-state index in [1.807, 2.05) is 78.9 Å². The Morgan fingerprint density at radius 3 is 1.62 bits per heavy atom. The Bertz CT molecular complexity index is 2780. The molecule has 2 aliphatic rings.